The molecule has 9 heteroatoms. The molecule has 3 aromatic rings. The van der Waals surface area contributed by atoms with Crippen molar-refractivity contribution >= 4 is 28.6 Å². The van der Waals surface area contributed by atoms with Crippen molar-refractivity contribution in [1.82, 2.24) is 19.9 Å². The number of carboxylic acid groups (broad SMARTS) is 1. The van der Waals surface area contributed by atoms with Gasteiger partial charge in [0.1, 0.15) is 11.6 Å². The fourth-order valence-corrected chi connectivity index (χ4v) is 3.37. The fourth-order valence-electron chi connectivity index (χ4n) is 3.13. The first-order valence-electron chi connectivity index (χ1n) is 8.28. The van der Waals surface area contributed by atoms with Gasteiger partial charge in [-0.15, -0.1) is 0 Å². The predicted octanol–water partition coefficient (Wildman–Crippen LogP) is 3.29. The van der Waals surface area contributed by atoms with Gasteiger partial charge < -0.3 is 10.4 Å². The average molecular weight is 389 g/mol. The van der Waals surface area contributed by atoms with Crippen LogP contribution in [-0.2, 0) is 0 Å². The molecule has 0 unspecified atom stereocenters. The summed E-state index contributed by atoms with van der Waals surface area (Å²) in [7, 11) is 0. The maximum Gasteiger partial charge on any atom is 0.405 e. The topological polar surface area (TPSA) is 97.1 Å². The van der Waals surface area contributed by atoms with Crippen molar-refractivity contribution in [3.05, 3.63) is 63.7 Å². The minimum absolute atomic E-state index is 0.0318. The number of aromatic nitrogens is 3. The monoisotopic (exact) mass is 388 g/mol. The smallest absolute Gasteiger partial charge is 0.405 e. The maximum absolute atomic E-state index is 13.9. The molecule has 2 aromatic heterocycles. The van der Waals surface area contributed by atoms with Gasteiger partial charge in [-0.3, -0.25) is 14.3 Å². The number of hydrogen-bond acceptors (Lipinski definition) is 4. The maximum atomic E-state index is 13.9. The van der Waals surface area contributed by atoms with Crippen LogP contribution in [0.2, 0.25) is 5.02 Å². The Morgan fingerprint density at radius 3 is 2.78 bits per heavy atom. The number of halogens is 2. The Labute approximate surface area is 157 Å². The fraction of sp³-hybridized carbons (Fsp3) is 0.222. The zero-order valence-corrected chi connectivity index (χ0v) is 14.7. The first-order valence-corrected chi connectivity index (χ1v) is 8.65. The molecule has 1 fully saturated rings. The van der Waals surface area contributed by atoms with Crippen LogP contribution in [-0.4, -0.2) is 25.7 Å². The first-order chi connectivity index (χ1) is 13.0. The minimum atomic E-state index is -1.21. The summed E-state index contributed by atoms with van der Waals surface area (Å²) >= 11 is 6.03. The third-order valence-electron chi connectivity index (χ3n) is 4.51. The van der Waals surface area contributed by atoms with Crippen LogP contribution in [0.1, 0.15) is 24.7 Å². The van der Waals surface area contributed by atoms with Crippen molar-refractivity contribution in [3.63, 3.8) is 0 Å². The number of nitrogens with one attached hydrogen (secondary N) is 1. The minimum Gasteiger partial charge on any atom is -0.465 e. The Kier molecular flexibility index (Phi) is 4.27. The second-order valence-electron chi connectivity index (χ2n) is 6.34. The van der Waals surface area contributed by atoms with Crippen molar-refractivity contribution in [3.8, 4) is 5.69 Å². The zero-order valence-electron chi connectivity index (χ0n) is 13.9. The number of rotatable bonds is 4. The van der Waals surface area contributed by atoms with Gasteiger partial charge in [-0.2, -0.15) is 0 Å². The molecule has 0 saturated heterocycles. The molecule has 0 aliphatic heterocycles. The molecule has 0 spiro atoms. The Balaban J connectivity index is 2.06. The summed E-state index contributed by atoms with van der Waals surface area (Å²) in [6.45, 7) is 0. The van der Waals surface area contributed by atoms with Gasteiger partial charge in [0.2, 0.25) is 0 Å². The molecule has 1 aliphatic carbocycles. The van der Waals surface area contributed by atoms with Gasteiger partial charge in [-0.1, -0.05) is 11.6 Å². The van der Waals surface area contributed by atoms with Crippen LogP contribution in [0.4, 0.5) is 9.18 Å². The highest BCUT2D eigenvalue weighted by Crippen LogP contribution is 2.41. The van der Waals surface area contributed by atoms with Crippen LogP contribution in [0.3, 0.4) is 0 Å². The van der Waals surface area contributed by atoms with Gasteiger partial charge >= 0.3 is 6.09 Å². The lowest BCUT2D eigenvalue weighted by Gasteiger charge is -2.21. The SMILES string of the molecule is O=C(O)N[C@H](c1nc2ccc(F)c(Cl)c2c(=O)n1-c1cccnc1)C1CC1. The molecule has 1 amide bonds. The molecule has 1 aliphatic rings. The highest BCUT2D eigenvalue weighted by atomic mass is 35.5. The summed E-state index contributed by atoms with van der Waals surface area (Å²) in [5, 5.41) is 11.3. The zero-order chi connectivity index (χ0) is 19.1. The summed E-state index contributed by atoms with van der Waals surface area (Å²) in [4.78, 5) is 33.0. The molecule has 7 nitrogen and oxygen atoms in total. The number of benzene rings is 1. The second-order valence-corrected chi connectivity index (χ2v) is 6.72. The average Bonchev–Trinajstić information content (AvgIpc) is 3.48. The number of amides is 1. The molecule has 4 rings (SSSR count). The van der Waals surface area contributed by atoms with Crippen molar-refractivity contribution in [2.75, 3.05) is 0 Å². The summed E-state index contributed by atoms with van der Waals surface area (Å²) in [5.41, 5.74) is 0.0229. The summed E-state index contributed by atoms with van der Waals surface area (Å²) < 4.78 is 15.2. The molecule has 0 radical (unpaired) electrons. The Morgan fingerprint density at radius 1 is 1.37 bits per heavy atom. The van der Waals surface area contributed by atoms with E-state index in [-0.39, 0.29) is 27.7 Å². The van der Waals surface area contributed by atoms with Crippen LogP contribution < -0.4 is 10.9 Å². The largest absolute Gasteiger partial charge is 0.465 e. The number of pyridine rings is 1. The molecular formula is C18H14ClFN4O3. The lowest BCUT2D eigenvalue weighted by Crippen LogP contribution is -2.35. The van der Waals surface area contributed by atoms with E-state index >= 15 is 0 Å². The number of carbonyl (C=O) groups is 1. The lowest BCUT2D eigenvalue weighted by atomic mass is 10.1. The third-order valence-corrected chi connectivity index (χ3v) is 4.88. The van der Waals surface area contributed by atoms with E-state index in [1.807, 2.05) is 0 Å². The summed E-state index contributed by atoms with van der Waals surface area (Å²) in [6.07, 6.45) is 3.42. The molecular weight excluding hydrogens is 375 g/mol. The number of hydrogen-bond donors (Lipinski definition) is 2. The van der Waals surface area contributed by atoms with E-state index in [2.05, 4.69) is 15.3 Å². The van der Waals surface area contributed by atoms with Gasteiger partial charge in [0.25, 0.3) is 5.56 Å². The van der Waals surface area contributed by atoms with Crippen LogP contribution in [0, 0.1) is 11.7 Å². The van der Waals surface area contributed by atoms with Gasteiger partial charge in [0.15, 0.2) is 0 Å². The standard InChI is InChI=1S/C18H14ClFN4O3/c19-14-11(20)5-6-12-13(14)17(25)24(10-2-1-7-21-8-10)16(22-12)15(9-3-4-9)23-18(26)27/h1-2,5-9,15,23H,3-4H2,(H,26,27)/t15-/m0/s1. The number of nitrogens with zero attached hydrogens (tertiary/aromatic N) is 3. The molecule has 2 heterocycles. The second kappa shape index (κ2) is 6.62. The van der Waals surface area contributed by atoms with E-state index in [0.29, 0.717) is 5.69 Å². The lowest BCUT2D eigenvalue weighted by molar-refractivity contribution is 0.187. The van der Waals surface area contributed by atoms with E-state index in [1.54, 1.807) is 18.3 Å². The normalized spacial score (nSPS) is 14.9. The summed E-state index contributed by atoms with van der Waals surface area (Å²) in [6, 6.07) is 5.10. The molecule has 27 heavy (non-hydrogen) atoms. The number of fused-ring (bicyclic) bond motifs is 1. The molecule has 2 N–H and O–H groups in total. The molecule has 138 valence electrons. The van der Waals surface area contributed by atoms with E-state index in [0.717, 1.165) is 18.9 Å². The van der Waals surface area contributed by atoms with Crippen molar-refractivity contribution in [2.24, 2.45) is 5.92 Å². The van der Waals surface area contributed by atoms with Gasteiger partial charge in [-0.25, -0.2) is 14.2 Å². The Bertz CT molecular complexity index is 1100. The molecule has 1 atom stereocenters. The Hall–Kier alpha value is -3.00. The van der Waals surface area contributed by atoms with Crippen LogP contribution in [0.15, 0.2) is 41.5 Å². The Morgan fingerprint density at radius 2 is 2.15 bits per heavy atom. The van der Waals surface area contributed by atoms with E-state index < -0.39 is 23.5 Å². The predicted molar refractivity (Wildman–Crippen MR) is 96.7 cm³/mol. The molecule has 1 saturated carbocycles. The third kappa shape index (κ3) is 3.12. The van der Waals surface area contributed by atoms with Gasteiger partial charge in [0.05, 0.1) is 33.9 Å². The van der Waals surface area contributed by atoms with Gasteiger partial charge in [-0.05, 0) is 43.0 Å². The first kappa shape index (κ1) is 17.4. The molecule has 1 aromatic carbocycles. The quantitative estimate of drug-likeness (QED) is 0.714. The van der Waals surface area contributed by atoms with E-state index in [9.17, 15) is 19.1 Å². The van der Waals surface area contributed by atoms with Gasteiger partial charge in [0, 0.05) is 6.20 Å². The van der Waals surface area contributed by atoms with Crippen LogP contribution in [0.5, 0.6) is 0 Å². The highest BCUT2D eigenvalue weighted by Gasteiger charge is 2.37. The molecule has 0 bridgehead atoms. The van der Waals surface area contributed by atoms with Crippen molar-refractivity contribution < 1.29 is 14.3 Å². The van der Waals surface area contributed by atoms with E-state index in [1.165, 1.54) is 16.8 Å². The van der Waals surface area contributed by atoms with Crippen LogP contribution in [0.25, 0.3) is 16.6 Å². The summed E-state index contributed by atoms with van der Waals surface area (Å²) in [5.74, 6) is -0.465. The van der Waals surface area contributed by atoms with Crippen molar-refractivity contribution in [1.29, 1.82) is 0 Å². The van der Waals surface area contributed by atoms with Crippen LogP contribution >= 0.6 is 11.6 Å². The van der Waals surface area contributed by atoms with Crippen molar-refractivity contribution in [2.45, 2.75) is 18.9 Å². The van der Waals surface area contributed by atoms with E-state index in [4.69, 9.17) is 11.6 Å². The highest BCUT2D eigenvalue weighted by molar-refractivity contribution is 6.35.